The second-order valence-electron chi connectivity index (χ2n) is 6.67. The summed E-state index contributed by atoms with van der Waals surface area (Å²) in [6, 6.07) is 6.04. The van der Waals surface area contributed by atoms with E-state index in [1.807, 2.05) is 17.9 Å². The van der Waals surface area contributed by atoms with E-state index >= 15 is 0 Å². The van der Waals surface area contributed by atoms with Crippen molar-refractivity contribution in [2.75, 3.05) is 33.9 Å². The smallest absolute Gasteiger partial charge is 0.226 e. The summed E-state index contributed by atoms with van der Waals surface area (Å²) in [5.74, 6) is 2.47. The van der Waals surface area contributed by atoms with Gasteiger partial charge in [-0.1, -0.05) is 6.92 Å². The predicted octanol–water partition coefficient (Wildman–Crippen LogP) is 2.89. The topological polar surface area (TPSA) is 64.8 Å². The Kier molecular flexibility index (Phi) is 9.08. The molecule has 1 fully saturated rings. The molecule has 142 valence electrons. The molecule has 0 saturated carbocycles. The highest BCUT2D eigenvalue weighted by Gasteiger charge is 2.25. The van der Waals surface area contributed by atoms with Crippen molar-refractivity contribution in [2.45, 2.75) is 32.6 Å². The molecule has 0 bridgehead atoms. The third-order valence-electron chi connectivity index (χ3n) is 4.95. The molecular weight excluding hydrogens is 340 g/mol. The van der Waals surface area contributed by atoms with Crippen LogP contribution in [0.25, 0.3) is 0 Å². The Bertz CT molecular complexity index is 523. The molecule has 2 N–H and O–H groups in total. The molecule has 1 aromatic carbocycles. The zero-order valence-electron chi connectivity index (χ0n) is 15.5. The largest absolute Gasteiger partial charge is 0.497 e. The van der Waals surface area contributed by atoms with Gasteiger partial charge in [0.1, 0.15) is 11.5 Å². The average molecular weight is 371 g/mol. The third-order valence-corrected chi connectivity index (χ3v) is 4.95. The lowest BCUT2D eigenvalue weighted by molar-refractivity contribution is -0.136. The number of amides is 1. The lowest BCUT2D eigenvalue weighted by atomic mass is 9.90. The molecule has 0 aliphatic carbocycles. The molecule has 0 radical (unpaired) electrons. The molecule has 2 rings (SSSR count). The van der Waals surface area contributed by atoms with Gasteiger partial charge in [-0.05, 0) is 49.3 Å². The van der Waals surface area contributed by atoms with Crippen LogP contribution < -0.4 is 15.2 Å². The van der Waals surface area contributed by atoms with E-state index in [1.165, 1.54) is 5.56 Å². The second kappa shape index (κ2) is 10.5. The van der Waals surface area contributed by atoms with E-state index in [2.05, 4.69) is 12.1 Å². The van der Waals surface area contributed by atoms with Crippen molar-refractivity contribution >= 4 is 18.3 Å². The number of piperidine rings is 1. The number of methoxy groups -OCH3 is 2. The van der Waals surface area contributed by atoms with Crippen LogP contribution in [0.3, 0.4) is 0 Å². The molecule has 5 nitrogen and oxygen atoms in total. The van der Waals surface area contributed by atoms with Gasteiger partial charge in [-0.25, -0.2) is 0 Å². The van der Waals surface area contributed by atoms with Crippen LogP contribution in [0.2, 0.25) is 0 Å². The Balaban J connectivity index is 0.00000312. The minimum atomic E-state index is -0.0641. The lowest BCUT2D eigenvalue weighted by Gasteiger charge is -2.33. The van der Waals surface area contributed by atoms with Crippen LogP contribution in [0.4, 0.5) is 0 Å². The number of rotatable bonds is 7. The number of carbonyl (C=O) groups is 1. The van der Waals surface area contributed by atoms with E-state index in [1.54, 1.807) is 14.2 Å². The minimum absolute atomic E-state index is 0. The maximum atomic E-state index is 12.2. The van der Waals surface area contributed by atoms with E-state index in [0.717, 1.165) is 50.3 Å². The number of likely N-dealkylation sites (tertiary alicyclic amines) is 1. The van der Waals surface area contributed by atoms with Crippen molar-refractivity contribution in [1.82, 2.24) is 4.90 Å². The first-order chi connectivity index (χ1) is 11.6. The summed E-state index contributed by atoms with van der Waals surface area (Å²) >= 11 is 0. The number of halogens is 1. The molecule has 1 amide bonds. The minimum Gasteiger partial charge on any atom is -0.497 e. The van der Waals surface area contributed by atoms with Gasteiger partial charge in [-0.2, -0.15) is 0 Å². The van der Waals surface area contributed by atoms with Crippen LogP contribution in [0.5, 0.6) is 11.5 Å². The summed E-state index contributed by atoms with van der Waals surface area (Å²) in [5.41, 5.74) is 6.84. The molecule has 1 aliphatic heterocycles. The van der Waals surface area contributed by atoms with Crippen molar-refractivity contribution < 1.29 is 14.3 Å². The molecule has 0 aromatic heterocycles. The average Bonchev–Trinajstić information content (AvgIpc) is 2.65. The van der Waals surface area contributed by atoms with Gasteiger partial charge in [0, 0.05) is 31.6 Å². The van der Waals surface area contributed by atoms with Gasteiger partial charge in [-0.3, -0.25) is 4.79 Å². The first-order valence-electron chi connectivity index (χ1n) is 8.78. The monoisotopic (exact) mass is 370 g/mol. The van der Waals surface area contributed by atoms with Crippen molar-refractivity contribution in [3.8, 4) is 11.5 Å². The Morgan fingerprint density at radius 1 is 1.20 bits per heavy atom. The van der Waals surface area contributed by atoms with Crippen molar-refractivity contribution in [2.24, 2.45) is 17.6 Å². The second-order valence-corrected chi connectivity index (χ2v) is 6.67. The molecule has 6 heteroatoms. The van der Waals surface area contributed by atoms with E-state index in [4.69, 9.17) is 15.2 Å². The van der Waals surface area contributed by atoms with Gasteiger partial charge in [0.15, 0.2) is 0 Å². The molecular formula is C19H31ClN2O3. The fourth-order valence-electron chi connectivity index (χ4n) is 3.24. The molecule has 1 aliphatic rings. The van der Waals surface area contributed by atoms with Gasteiger partial charge < -0.3 is 20.1 Å². The number of carbonyl (C=O) groups excluding carboxylic acids is 1. The SMILES string of the molecule is COc1cc(CCC2CCN(C(=O)C(C)CN)CC2)cc(OC)c1.Cl. The van der Waals surface area contributed by atoms with Gasteiger partial charge >= 0.3 is 0 Å². The van der Waals surface area contributed by atoms with Crippen LogP contribution in [0.15, 0.2) is 18.2 Å². The van der Waals surface area contributed by atoms with Crippen LogP contribution in [0.1, 0.15) is 31.7 Å². The first-order valence-corrected chi connectivity index (χ1v) is 8.78. The summed E-state index contributed by atoms with van der Waals surface area (Å²) in [7, 11) is 3.35. The Hall–Kier alpha value is -1.46. The van der Waals surface area contributed by atoms with E-state index in [-0.39, 0.29) is 24.2 Å². The molecule has 1 saturated heterocycles. The lowest BCUT2D eigenvalue weighted by Crippen LogP contribution is -2.42. The highest BCUT2D eigenvalue weighted by molar-refractivity contribution is 5.85. The van der Waals surface area contributed by atoms with Crippen molar-refractivity contribution in [3.05, 3.63) is 23.8 Å². The summed E-state index contributed by atoms with van der Waals surface area (Å²) < 4.78 is 10.7. The number of nitrogens with two attached hydrogens (primary N) is 1. The Labute approximate surface area is 157 Å². The highest BCUT2D eigenvalue weighted by atomic mass is 35.5. The molecule has 25 heavy (non-hydrogen) atoms. The van der Waals surface area contributed by atoms with Gasteiger partial charge in [0.2, 0.25) is 5.91 Å². The van der Waals surface area contributed by atoms with E-state index in [0.29, 0.717) is 12.5 Å². The zero-order chi connectivity index (χ0) is 17.5. The van der Waals surface area contributed by atoms with Crippen LogP contribution >= 0.6 is 12.4 Å². The van der Waals surface area contributed by atoms with E-state index < -0.39 is 0 Å². The number of hydrogen-bond acceptors (Lipinski definition) is 4. The molecule has 0 spiro atoms. The van der Waals surface area contributed by atoms with Gasteiger partial charge in [0.05, 0.1) is 14.2 Å². The maximum absolute atomic E-state index is 12.2. The van der Waals surface area contributed by atoms with Crippen LogP contribution in [-0.2, 0) is 11.2 Å². The summed E-state index contributed by atoms with van der Waals surface area (Å²) in [5, 5.41) is 0. The molecule has 1 aromatic rings. The first kappa shape index (κ1) is 21.6. The van der Waals surface area contributed by atoms with Crippen molar-refractivity contribution in [1.29, 1.82) is 0 Å². The fourth-order valence-corrected chi connectivity index (χ4v) is 3.24. The summed E-state index contributed by atoms with van der Waals surface area (Å²) in [6.07, 6.45) is 4.28. The maximum Gasteiger partial charge on any atom is 0.226 e. The summed E-state index contributed by atoms with van der Waals surface area (Å²) in [4.78, 5) is 14.1. The number of benzene rings is 1. The standard InChI is InChI=1S/C19H30N2O3.ClH/c1-14(13-20)19(22)21-8-6-15(7-9-21)4-5-16-10-17(23-2)12-18(11-16)24-3;/h10-12,14-15H,4-9,13,20H2,1-3H3;1H. The Morgan fingerprint density at radius 3 is 2.24 bits per heavy atom. The number of aryl methyl sites for hydroxylation is 1. The molecule has 1 heterocycles. The quantitative estimate of drug-likeness (QED) is 0.801. The van der Waals surface area contributed by atoms with Gasteiger partial charge in [0.25, 0.3) is 0 Å². The van der Waals surface area contributed by atoms with E-state index in [9.17, 15) is 4.79 Å². The van der Waals surface area contributed by atoms with Crippen LogP contribution in [-0.4, -0.2) is 44.7 Å². The van der Waals surface area contributed by atoms with Crippen molar-refractivity contribution in [3.63, 3.8) is 0 Å². The number of hydrogen-bond donors (Lipinski definition) is 1. The fraction of sp³-hybridized carbons (Fsp3) is 0.632. The molecule has 1 atom stereocenters. The summed E-state index contributed by atoms with van der Waals surface area (Å²) in [6.45, 7) is 4.05. The number of nitrogens with zero attached hydrogens (tertiary/aromatic N) is 1. The Morgan fingerprint density at radius 2 is 1.76 bits per heavy atom. The third kappa shape index (κ3) is 6.08. The number of ether oxygens (including phenoxy) is 2. The van der Waals surface area contributed by atoms with Crippen LogP contribution in [0, 0.1) is 11.8 Å². The highest BCUT2D eigenvalue weighted by Crippen LogP contribution is 2.27. The zero-order valence-corrected chi connectivity index (χ0v) is 16.3. The molecule has 1 unspecified atom stereocenters. The normalized spacial score (nSPS) is 16.1. The van der Waals surface area contributed by atoms with Gasteiger partial charge in [-0.15, -0.1) is 12.4 Å². The predicted molar refractivity (Wildman–Crippen MR) is 103 cm³/mol.